The van der Waals surface area contributed by atoms with E-state index in [4.69, 9.17) is 16.3 Å². The van der Waals surface area contributed by atoms with E-state index in [0.717, 1.165) is 29.7 Å². The molecule has 0 spiro atoms. The van der Waals surface area contributed by atoms with Crippen molar-refractivity contribution in [2.75, 3.05) is 5.32 Å². The number of ether oxygens (including phenoxy) is 1. The second-order valence-electron chi connectivity index (χ2n) is 5.71. The monoisotopic (exact) mass is 359 g/mol. The lowest BCUT2D eigenvalue weighted by Gasteiger charge is -2.18. The summed E-state index contributed by atoms with van der Waals surface area (Å²) in [6, 6.07) is 12.4. The number of hydrogen-bond donors (Lipinski definition) is 1. The van der Waals surface area contributed by atoms with Gasteiger partial charge in [-0.05, 0) is 49.1 Å². The van der Waals surface area contributed by atoms with Gasteiger partial charge in [0.2, 0.25) is 0 Å². The van der Waals surface area contributed by atoms with Crippen LogP contribution >= 0.6 is 11.6 Å². The maximum absolute atomic E-state index is 12.5. The van der Waals surface area contributed by atoms with Gasteiger partial charge in [0, 0.05) is 10.7 Å². The zero-order valence-electron chi connectivity index (χ0n) is 14.6. The number of hydrogen-bond acceptors (Lipinski definition) is 3. The first-order chi connectivity index (χ1) is 12.0. The summed E-state index contributed by atoms with van der Waals surface area (Å²) in [5.74, 6) is -0.935. The molecule has 0 fully saturated rings. The van der Waals surface area contributed by atoms with Crippen molar-refractivity contribution < 1.29 is 14.3 Å². The topological polar surface area (TPSA) is 55.4 Å². The SMILES string of the molecule is CCc1cccc(CC)c1NC(=O)[C@@H](C)OC(=O)c1cccc(Cl)c1. The molecule has 1 amide bonds. The number of rotatable bonds is 6. The Labute approximate surface area is 153 Å². The lowest BCUT2D eigenvalue weighted by Crippen LogP contribution is -2.30. The van der Waals surface area contributed by atoms with E-state index >= 15 is 0 Å². The van der Waals surface area contributed by atoms with Crippen molar-refractivity contribution in [2.24, 2.45) is 0 Å². The number of esters is 1. The van der Waals surface area contributed by atoms with Crippen LogP contribution in [0.3, 0.4) is 0 Å². The van der Waals surface area contributed by atoms with Gasteiger partial charge in [0.05, 0.1) is 5.56 Å². The number of carbonyl (C=O) groups excluding carboxylic acids is 2. The summed E-state index contributed by atoms with van der Waals surface area (Å²) < 4.78 is 5.26. The van der Waals surface area contributed by atoms with Crippen LogP contribution < -0.4 is 5.32 Å². The maximum Gasteiger partial charge on any atom is 0.338 e. The van der Waals surface area contributed by atoms with Crippen molar-refractivity contribution in [2.45, 2.75) is 39.7 Å². The van der Waals surface area contributed by atoms with Gasteiger partial charge >= 0.3 is 5.97 Å². The van der Waals surface area contributed by atoms with E-state index < -0.39 is 12.1 Å². The van der Waals surface area contributed by atoms with Gasteiger partial charge in [0.1, 0.15) is 0 Å². The van der Waals surface area contributed by atoms with Gasteiger partial charge in [-0.15, -0.1) is 0 Å². The minimum absolute atomic E-state index is 0.315. The Morgan fingerprint density at radius 3 is 2.24 bits per heavy atom. The van der Waals surface area contributed by atoms with Crippen molar-refractivity contribution >= 4 is 29.2 Å². The average Bonchev–Trinajstić information content (AvgIpc) is 2.61. The van der Waals surface area contributed by atoms with Crippen LogP contribution in [-0.4, -0.2) is 18.0 Å². The molecule has 2 aromatic rings. The number of halogens is 1. The molecule has 5 heteroatoms. The molecule has 2 rings (SSSR count). The second kappa shape index (κ2) is 8.67. The molecular formula is C20H22ClNO3. The van der Waals surface area contributed by atoms with Crippen LogP contribution in [0.2, 0.25) is 5.02 Å². The van der Waals surface area contributed by atoms with Gasteiger partial charge in [0.15, 0.2) is 6.10 Å². The number of anilines is 1. The zero-order valence-corrected chi connectivity index (χ0v) is 15.4. The molecule has 25 heavy (non-hydrogen) atoms. The van der Waals surface area contributed by atoms with E-state index in [0.29, 0.717) is 10.6 Å². The molecule has 0 aliphatic carbocycles. The third-order valence-electron chi connectivity index (χ3n) is 3.96. The minimum Gasteiger partial charge on any atom is -0.449 e. The summed E-state index contributed by atoms with van der Waals surface area (Å²) in [5.41, 5.74) is 3.24. The first-order valence-corrected chi connectivity index (χ1v) is 8.72. The molecule has 0 saturated heterocycles. The Balaban J connectivity index is 2.10. The zero-order chi connectivity index (χ0) is 18.4. The van der Waals surface area contributed by atoms with E-state index in [9.17, 15) is 9.59 Å². The summed E-state index contributed by atoms with van der Waals surface area (Å²) in [6.07, 6.45) is 0.696. The largest absolute Gasteiger partial charge is 0.449 e. The Bertz CT molecular complexity index is 751. The fourth-order valence-corrected chi connectivity index (χ4v) is 2.72. The van der Waals surface area contributed by atoms with Crippen molar-refractivity contribution in [3.63, 3.8) is 0 Å². The number of amides is 1. The summed E-state index contributed by atoms with van der Waals surface area (Å²) in [6.45, 7) is 5.62. The van der Waals surface area contributed by atoms with Crippen LogP contribution in [0.4, 0.5) is 5.69 Å². The molecule has 0 unspecified atom stereocenters. The summed E-state index contributed by atoms with van der Waals surface area (Å²) in [5, 5.41) is 3.35. The van der Waals surface area contributed by atoms with Gasteiger partial charge in [-0.2, -0.15) is 0 Å². The molecule has 0 aliphatic heterocycles. The number of nitrogens with one attached hydrogen (secondary N) is 1. The van der Waals surface area contributed by atoms with Crippen LogP contribution in [0.5, 0.6) is 0 Å². The molecule has 132 valence electrons. The van der Waals surface area contributed by atoms with Crippen LogP contribution in [0, 0.1) is 0 Å². The summed E-state index contributed by atoms with van der Waals surface area (Å²) >= 11 is 5.88. The molecule has 1 atom stereocenters. The molecule has 0 saturated carbocycles. The molecule has 2 aromatic carbocycles. The Hall–Kier alpha value is -2.33. The highest BCUT2D eigenvalue weighted by Gasteiger charge is 2.20. The summed E-state index contributed by atoms with van der Waals surface area (Å²) in [4.78, 5) is 24.6. The van der Waals surface area contributed by atoms with E-state index in [-0.39, 0.29) is 5.91 Å². The van der Waals surface area contributed by atoms with Gasteiger partial charge < -0.3 is 10.1 Å². The van der Waals surface area contributed by atoms with Crippen LogP contribution in [0.1, 0.15) is 42.3 Å². The third-order valence-corrected chi connectivity index (χ3v) is 4.20. The molecule has 4 nitrogen and oxygen atoms in total. The van der Waals surface area contributed by atoms with Gasteiger partial charge in [-0.25, -0.2) is 4.79 Å². The fourth-order valence-electron chi connectivity index (χ4n) is 2.53. The lowest BCUT2D eigenvalue weighted by atomic mass is 10.0. The fraction of sp³-hybridized carbons (Fsp3) is 0.300. The number of aryl methyl sites for hydroxylation is 2. The highest BCUT2D eigenvalue weighted by Crippen LogP contribution is 2.23. The molecule has 1 N–H and O–H groups in total. The van der Waals surface area contributed by atoms with Crippen LogP contribution in [0.15, 0.2) is 42.5 Å². The van der Waals surface area contributed by atoms with Crippen LogP contribution in [-0.2, 0) is 22.4 Å². The predicted molar refractivity (Wildman–Crippen MR) is 100 cm³/mol. The number of carbonyl (C=O) groups is 2. The van der Waals surface area contributed by atoms with Crippen molar-refractivity contribution in [3.8, 4) is 0 Å². The molecule has 0 aromatic heterocycles. The molecular weight excluding hydrogens is 338 g/mol. The second-order valence-corrected chi connectivity index (χ2v) is 6.14. The van der Waals surface area contributed by atoms with Gasteiger partial charge in [-0.1, -0.05) is 49.7 Å². The van der Waals surface area contributed by atoms with Crippen molar-refractivity contribution in [3.05, 3.63) is 64.2 Å². The first kappa shape index (κ1) is 19.0. The standard InChI is InChI=1S/C20H22ClNO3/c1-4-14-8-6-9-15(5-2)18(14)22-19(23)13(3)25-20(24)16-10-7-11-17(21)12-16/h6-13H,4-5H2,1-3H3,(H,22,23)/t13-/m1/s1. The average molecular weight is 360 g/mol. The molecule has 0 bridgehead atoms. The van der Waals surface area contributed by atoms with Gasteiger partial charge in [-0.3, -0.25) is 4.79 Å². The normalized spacial score (nSPS) is 11.7. The number of para-hydroxylation sites is 1. The third kappa shape index (κ3) is 4.83. The first-order valence-electron chi connectivity index (χ1n) is 8.34. The quantitative estimate of drug-likeness (QED) is 0.764. The maximum atomic E-state index is 12.5. The Morgan fingerprint density at radius 2 is 1.68 bits per heavy atom. The highest BCUT2D eigenvalue weighted by atomic mass is 35.5. The van der Waals surface area contributed by atoms with E-state index in [1.165, 1.54) is 6.07 Å². The van der Waals surface area contributed by atoms with Gasteiger partial charge in [0.25, 0.3) is 5.91 Å². The Kier molecular flexibility index (Phi) is 6.59. The van der Waals surface area contributed by atoms with E-state index in [1.807, 2.05) is 32.0 Å². The van der Waals surface area contributed by atoms with Crippen molar-refractivity contribution in [1.82, 2.24) is 0 Å². The van der Waals surface area contributed by atoms with Crippen LogP contribution in [0.25, 0.3) is 0 Å². The molecule has 0 heterocycles. The predicted octanol–water partition coefficient (Wildman–Crippen LogP) is 4.65. The van der Waals surface area contributed by atoms with E-state index in [2.05, 4.69) is 5.32 Å². The molecule has 0 aliphatic rings. The number of benzene rings is 2. The minimum atomic E-state index is -0.916. The highest BCUT2D eigenvalue weighted by molar-refractivity contribution is 6.30. The summed E-state index contributed by atoms with van der Waals surface area (Å²) in [7, 11) is 0. The molecule has 0 radical (unpaired) electrons. The Morgan fingerprint density at radius 1 is 1.08 bits per heavy atom. The smallest absolute Gasteiger partial charge is 0.338 e. The van der Waals surface area contributed by atoms with E-state index in [1.54, 1.807) is 25.1 Å². The lowest BCUT2D eigenvalue weighted by molar-refractivity contribution is -0.123. The van der Waals surface area contributed by atoms with Crippen molar-refractivity contribution in [1.29, 1.82) is 0 Å².